The molecule has 86 valence electrons. The zero-order valence-electron chi connectivity index (χ0n) is 9.79. The molecule has 0 aliphatic carbocycles. The molecule has 0 aromatic heterocycles. The second-order valence-electron chi connectivity index (χ2n) is 4.34. The molecule has 0 aromatic carbocycles. The number of rotatable bonds is 5. The molecule has 4 nitrogen and oxygen atoms in total. The Hall–Kier alpha value is -0.515. The molecule has 0 bridgehead atoms. The Balaban J connectivity index is 2.36. The van der Waals surface area contributed by atoms with Gasteiger partial charge in [0, 0.05) is 13.7 Å². The van der Waals surface area contributed by atoms with Crippen LogP contribution in [0.1, 0.15) is 26.7 Å². The van der Waals surface area contributed by atoms with Crippen LogP contribution in [0.5, 0.6) is 0 Å². The SMILES string of the molecule is C=C1OB(C(N)CCCOC)OC1(C)C. The molecule has 1 heterocycles. The molecule has 15 heavy (non-hydrogen) atoms. The monoisotopic (exact) mass is 213 g/mol. The molecule has 0 saturated carbocycles. The van der Waals surface area contributed by atoms with Gasteiger partial charge in [0.1, 0.15) is 5.60 Å². The molecule has 1 aliphatic heterocycles. The van der Waals surface area contributed by atoms with E-state index in [9.17, 15) is 0 Å². The average Bonchev–Trinajstić information content (AvgIpc) is 2.42. The second-order valence-corrected chi connectivity index (χ2v) is 4.34. The Morgan fingerprint density at radius 2 is 2.27 bits per heavy atom. The van der Waals surface area contributed by atoms with Gasteiger partial charge in [-0.2, -0.15) is 0 Å². The molecule has 1 atom stereocenters. The van der Waals surface area contributed by atoms with Crippen molar-refractivity contribution in [1.29, 1.82) is 0 Å². The van der Waals surface area contributed by atoms with Gasteiger partial charge in [0.15, 0.2) is 0 Å². The van der Waals surface area contributed by atoms with Crippen molar-refractivity contribution in [2.45, 2.75) is 38.2 Å². The van der Waals surface area contributed by atoms with E-state index in [-0.39, 0.29) is 13.1 Å². The molecule has 2 N–H and O–H groups in total. The van der Waals surface area contributed by atoms with Gasteiger partial charge >= 0.3 is 7.12 Å². The van der Waals surface area contributed by atoms with Crippen LogP contribution in [-0.4, -0.2) is 32.4 Å². The molecule has 1 rings (SSSR count). The van der Waals surface area contributed by atoms with Crippen LogP contribution >= 0.6 is 0 Å². The van der Waals surface area contributed by atoms with Crippen LogP contribution in [0.15, 0.2) is 12.3 Å². The first kappa shape index (κ1) is 12.6. The Kier molecular flexibility index (Phi) is 4.19. The summed E-state index contributed by atoms with van der Waals surface area (Å²) >= 11 is 0. The van der Waals surface area contributed by atoms with Gasteiger partial charge in [0.25, 0.3) is 0 Å². The quantitative estimate of drug-likeness (QED) is 0.549. The van der Waals surface area contributed by atoms with Crippen LogP contribution in [0, 0.1) is 0 Å². The lowest BCUT2D eigenvalue weighted by Crippen LogP contribution is -2.41. The highest BCUT2D eigenvalue weighted by atomic mass is 16.7. The second kappa shape index (κ2) is 5.01. The third-order valence-electron chi connectivity index (χ3n) is 2.58. The molecular weight excluding hydrogens is 193 g/mol. The largest absolute Gasteiger partial charge is 0.543 e. The summed E-state index contributed by atoms with van der Waals surface area (Å²) < 4.78 is 16.1. The summed E-state index contributed by atoms with van der Waals surface area (Å²) in [5.41, 5.74) is 5.53. The predicted octanol–water partition coefficient (Wildman–Crippen LogP) is 1.11. The smallest absolute Gasteiger partial charge is 0.536 e. The van der Waals surface area contributed by atoms with Gasteiger partial charge in [0.2, 0.25) is 0 Å². The van der Waals surface area contributed by atoms with Crippen molar-refractivity contribution >= 4 is 7.12 Å². The zero-order valence-corrected chi connectivity index (χ0v) is 9.79. The third-order valence-corrected chi connectivity index (χ3v) is 2.58. The fraction of sp³-hybridized carbons (Fsp3) is 0.800. The maximum atomic E-state index is 5.96. The highest BCUT2D eigenvalue weighted by molar-refractivity contribution is 6.47. The van der Waals surface area contributed by atoms with E-state index in [1.165, 1.54) is 0 Å². The summed E-state index contributed by atoms with van der Waals surface area (Å²) in [7, 11) is 1.31. The molecule has 5 heteroatoms. The van der Waals surface area contributed by atoms with Gasteiger partial charge in [-0.1, -0.05) is 6.58 Å². The Morgan fingerprint density at radius 3 is 2.73 bits per heavy atom. The molecule has 1 aliphatic rings. The lowest BCUT2D eigenvalue weighted by atomic mass is 9.76. The minimum atomic E-state index is -0.427. The highest BCUT2D eigenvalue weighted by Gasteiger charge is 2.44. The molecule has 1 fully saturated rings. The minimum absolute atomic E-state index is 0.126. The van der Waals surface area contributed by atoms with E-state index in [1.807, 2.05) is 13.8 Å². The van der Waals surface area contributed by atoms with E-state index in [1.54, 1.807) is 7.11 Å². The maximum Gasteiger partial charge on any atom is 0.543 e. The van der Waals surface area contributed by atoms with Gasteiger partial charge in [-0.15, -0.1) is 0 Å². The van der Waals surface area contributed by atoms with Crippen molar-refractivity contribution in [2.24, 2.45) is 5.73 Å². The van der Waals surface area contributed by atoms with Crippen LogP contribution in [0.25, 0.3) is 0 Å². The third kappa shape index (κ3) is 3.22. The standard InChI is InChI=1S/C10H20BNO3/c1-8-10(2,3)15-11(14-8)9(12)6-5-7-13-4/h9H,1,5-7,12H2,2-4H3. The van der Waals surface area contributed by atoms with Crippen molar-refractivity contribution < 1.29 is 14.0 Å². The first-order valence-electron chi connectivity index (χ1n) is 5.26. The van der Waals surface area contributed by atoms with Crippen molar-refractivity contribution in [1.82, 2.24) is 0 Å². The van der Waals surface area contributed by atoms with Crippen LogP contribution in [0.3, 0.4) is 0 Å². The summed E-state index contributed by atoms with van der Waals surface area (Å²) in [6.07, 6.45) is 1.73. The van der Waals surface area contributed by atoms with Crippen LogP contribution in [0.4, 0.5) is 0 Å². The van der Waals surface area contributed by atoms with E-state index in [4.69, 9.17) is 19.8 Å². The van der Waals surface area contributed by atoms with Gasteiger partial charge < -0.3 is 19.8 Å². The highest BCUT2D eigenvalue weighted by Crippen LogP contribution is 2.30. The first-order chi connectivity index (χ1) is 6.97. The van der Waals surface area contributed by atoms with E-state index in [0.717, 1.165) is 12.8 Å². The molecule has 0 aromatic rings. The lowest BCUT2D eigenvalue weighted by Gasteiger charge is -2.17. The number of ether oxygens (including phenoxy) is 1. The van der Waals surface area contributed by atoms with Gasteiger partial charge in [0.05, 0.1) is 11.7 Å². The summed E-state index contributed by atoms with van der Waals surface area (Å²) in [6, 6.07) is 0. The zero-order chi connectivity index (χ0) is 11.5. The van der Waals surface area contributed by atoms with Crippen molar-refractivity contribution in [2.75, 3.05) is 13.7 Å². The molecule has 0 amide bonds. The van der Waals surface area contributed by atoms with Crippen LogP contribution < -0.4 is 5.73 Å². The van der Waals surface area contributed by atoms with Crippen LogP contribution in [-0.2, 0) is 14.0 Å². The Labute approximate surface area is 91.9 Å². The van der Waals surface area contributed by atoms with E-state index in [0.29, 0.717) is 12.4 Å². The summed E-state index contributed by atoms with van der Waals surface area (Å²) in [4.78, 5) is 0. The number of nitrogens with two attached hydrogens (primary N) is 1. The average molecular weight is 213 g/mol. The number of hydrogen-bond acceptors (Lipinski definition) is 4. The Bertz CT molecular complexity index is 233. The molecule has 0 spiro atoms. The van der Waals surface area contributed by atoms with Gasteiger partial charge in [-0.05, 0) is 26.7 Å². The number of hydrogen-bond donors (Lipinski definition) is 1. The molecule has 0 radical (unpaired) electrons. The van der Waals surface area contributed by atoms with E-state index < -0.39 is 5.60 Å². The fourth-order valence-electron chi connectivity index (χ4n) is 1.44. The van der Waals surface area contributed by atoms with Crippen molar-refractivity contribution in [3.8, 4) is 0 Å². The van der Waals surface area contributed by atoms with Crippen LogP contribution in [0.2, 0.25) is 0 Å². The van der Waals surface area contributed by atoms with Crippen molar-refractivity contribution in [3.63, 3.8) is 0 Å². The number of methoxy groups -OCH3 is 1. The lowest BCUT2D eigenvalue weighted by molar-refractivity contribution is 0.164. The summed E-state index contributed by atoms with van der Waals surface area (Å²) in [5.74, 6) is 0.522. The maximum absolute atomic E-state index is 5.96. The van der Waals surface area contributed by atoms with E-state index in [2.05, 4.69) is 6.58 Å². The topological polar surface area (TPSA) is 53.7 Å². The van der Waals surface area contributed by atoms with Crippen molar-refractivity contribution in [3.05, 3.63) is 12.3 Å². The Morgan fingerprint density at radius 1 is 1.60 bits per heavy atom. The molecular formula is C10H20BNO3. The predicted molar refractivity (Wildman–Crippen MR) is 60.2 cm³/mol. The van der Waals surface area contributed by atoms with E-state index >= 15 is 0 Å². The summed E-state index contributed by atoms with van der Waals surface area (Å²) in [6.45, 7) is 8.38. The van der Waals surface area contributed by atoms with Gasteiger partial charge in [-0.25, -0.2) is 0 Å². The first-order valence-corrected chi connectivity index (χ1v) is 5.26. The normalized spacial score (nSPS) is 21.6. The fourth-order valence-corrected chi connectivity index (χ4v) is 1.44. The summed E-state index contributed by atoms with van der Waals surface area (Å²) in [5, 5.41) is 0. The van der Waals surface area contributed by atoms with Gasteiger partial charge in [-0.3, -0.25) is 0 Å². The molecule has 1 unspecified atom stereocenters. The minimum Gasteiger partial charge on any atom is -0.536 e. The molecule has 1 saturated heterocycles.